The van der Waals surface area contributed by atoms with Crippen molar-refractivity contribution in [2.75, 3.05) is 6.61 Å². The Hall–Kier alpha value is -1.26. The molecule has 0 radical (unpaired) electrons. The summed E-state index contributed by atoms with van der Waals surface area (Å²) in [5.74, 6) is 1.70. The van der Waals surface area contributed by atoms with Gasteiger partial charge in [0.1, 0.15) is 0 Å². The third kappa shape index (κ3) is 8.10. The van der Waals surface area contributed by atoms with Crippen molar-refractivity contribution in [1.82, 2.24) is 10.6 Å². The number of nitrogens with one attached hydrogen (secondary N) is 2. The van der Waals surface area contributed by atoms with Crippen molar-refractivity contribution in [2.45, 2.75) is 104 Å². The summed E-state index contributed by atoms with van der Waals surface area (Å²) in [6.07, 6.45) is 11.3. The molecule has 2 fully saturated rings. The molecular formula is C22H40N2O3. The van der Waals surface area contributed by atoms with Crippen molar-refractivity contribution in [1.29, 1.82) is 0 Å². The second-order valence-corrected chi connectivity index (χ2v) is 9.61. The number of amides is 2. The number of ether oxygens (including phenoxy) is 1. The third-order valence-electron chi connectivity index (χ3n) is 6.64. The maximum Gasteiger partial charge on any atom is 0.407 e. The van der Waals surface area contributed by atoms with Gasteiger partial charge in [-0.25, -0.2) is 4.79 Å². The maximum atomic E-state index is 12.0. The summed E-state index contributed by atoms with van der Waals surface area (Å²) in [7, 11) is 0. The number of hydrogen-bond donors (Lipinski definition) is 2. The molecule has 2 aliphatic carbocycles. The molecule has 2 saturated carbocycles. The molecule has 0 unspecified atom stereocenters. The van der Waals surface area contributed by atoms with E-state index >= 15 is 0 Å². The van der Waals surface area contributed by atoms with Crippen molar-refractivity contribution < 1.29 is 14.3 Å². The topological polar surface area (TPSA) is 67.4 Å². The van der Waals surface area contributed by atoms with Gasteiger partial charge >= 0.3 is 6.09 Å². The van der Waals surface area contributed by atoms with Crippen molar-refractivity contribution >= 4 is 12.0 Å². The van der Waals surface area contributed by atoms with Gasteiger partial charge in [-0.3, -0.25) is 4.79 Å². The molecular weight excluding hydrogens is 340 g/mol. The van der Waals surface area contributed by atoms with Gasteiger partial charge in [0.05, 0.1) is 6.61 Å². The van der Waals surface area contributed by atoms with Crippen LogP contribution in [-0.4, -0.2) is 30.7 Å². The molecule has 0 saturated heterocycles. The van der Waals surface area contributed by atoms with E-state index in [0.717, 1.165) is 43.9 Å². The molecule has 0 aromatic rings. The molecule has 2 rings (SSSR count). The zero-order valence-electron chi connectivity index (χ0n) is 17.8. The van der Waals surface area contributed by atoms with Gasteiger partial charge < -0.3 is 15.4 Å². The minimum absolute atomic E-state index is 0.0495. The Balaban J connectivity index is 1.60. The lowest BCUT2D eigenvalue weighted by atomic mass is 9.75. The summed E-state index contributed by atoms with van der Waals surface area (Å²) >= 11 is 0. The third-order valence-corrected chi connectivity index (χ3v) is 6.64. The van der Waals surface area contributed by atoms with Gasteiger partial charge in [-0.1, -0.05) is 20.8 Å². The Morgan fingerprint density at radius 1 is 0.889 bits per heavy atom. The van der Waals surface area contributed by atoms with Crippen molar-refractivity contribution in [3.05, 3.63) is 0 Å². The molecule has 2 N–H and O–H groups in total. The van der Waals surface area contributed by atoms with E-state index in [1.807, 2.05) is 0 Å². The summed E-state index contributed by atoms with van der Waals surface area (Å²) in [4.78, 5) is 23.2. The lowest BCUT2D eigenvalue weighted by Gasteiger charge is -2.34. The highest BCUT2D eigenvalue weighted by Crippen LogP contribution is 2.35. The van der Waals surface area contributed by atoms with E-state index < -0.39 is 0 Å². The molecule has 27 heavy (non-hydrogen) atoms. The van der Waals surface area contributed by atoms with Gasteiger partial charge in [0.2, 0.25) is 5.91 Å². The molecule has 0 spiro atoms. The molecule has 0 aliphatic heterocycles. The fourth-order valence-electron chi connectivity index (χ4n) is 4.42. The Labute approximate surface area is 165 Å². The van der Waals surface area contributed by atoms with Gasteiger partial charge in [-0.15, -0.1) is 0 Å². The number of carbonyl (C=O) groups is 2. The summed E-state index contributed by atoms with van der Waals surface area (Å²) in [5.41, 5.74) is 0.0495. The van der Waals surface area contributed by atoms with Crippen molar-refractivity contribution in [2.24, 2.45) is 17.3 Å². The van der Waals surface area contributed by atoms with Gasteiger partial charge in [0.15, 0.2) is 0 Å². The minimum atomic E-state index is -0.253. The fraction of sp³-hybridized carbons (Fsp3) is 0.909. The van der Waals surface area contributed by atoms with Crippen LogP contribution in [0.4, 0.5) is 4.79 Å². The van der Waals surface area contributed by atoms with Crippen LogP contribution in [0.15, 0.2) is 0 Å². The largest absolute Gasteiger partial charge is 0.449 e. The van der Waals surface area contributed by atoms with Crippen molar-refractivity contribution in [3.63, 3.8) is 0 Å². The van der Waals surface area contributed by atoms with Crippen LogP contribution < -0.4 is 10.6 Å². The highest BCUT2D eigenvalue weighted by molar-refractivity contribution is 5.73. The van der Waals surface area contributed by atoms with Crippen LogP contribution in [-0.2, 0) is 9.53 Å². The molecule has 2 amide bonds. The molecule has 5 nitrogen and oxygen atoms in total. The van der Waals surface area contributed by atoms with Crippen molar-refractivity contribution in [3.8, 4) is 0 Å². The zero-order valence-corrected chi connectivity index (χ0v) is 17.8. The first-order chi connectivity index (χ1) is 12.8. The predicted octanol–water partition coefficient (Wildman–Crippen LogP) is 4.79. The van der Waals surface area contributed by atoms with Gasteiger partial charge in [0.25, 0.3) is 0 Å². The first-order valence-electron chi connectivity index (χ1n) is 11.0. The van der Waals surface area contributed by atoms with E-state index in [1.54, 1.807) is 6.92 Å². The van der Waals surface area contributed by atoms with Crippen LogP contribution in [0, 0.1) is 17.3 Å². The lowest BCUT2D eigenvalue weighted by Crippen LogP contribution is -2.39. The maximum absolute atomic E-state index is 12.0. The SMILES string of the molecule is CCC(C)(C)COC(=O)NC1CCC(CC2CCC(NC(C)=O)CC2)CC1. The molecule has 0 bridgehead atoms. The number of alkyl carbamates (subject to hydrolysis) is 1. The Morgan fingerprint density at radius 2 is 1.37 bits per heavy atom. The van der Waals surface area contributed by atoms with Crippen LogP contribution in [0.2, 0.25) is 0 Å². The van der Waals surface area contributed by atoms with E-state index in [-0.39, 0.29) is 23.5 Å². The molecule has 0 aromatic heterocycles. The van der Waals surface area contributed by atoms with E-state index in [0.29, 0.717) is 12.6 Å². The number of carbonyl (C=O) groups excluding carboxylic acids is 2. The molecule has 2 aliphatic rings. The summed E-state index contributed by atoms with van der Waals surface area (Å²) in [5, 5.41) is 6.12. The molecule has 0 atom stereocenters. The van der Waals surface area contributed by atoms with Crippen LogP contribution in [0.25, 0.3) is 0 Å². The standard InChI is InChI=1S/C22H40N2O3/c1-5-22(3,4)15-27-21(26)24-20-12-8-18(9-13-20)14-17-6-10-19(11-7-17)23-16(2)25/h17-20H,5-15H2,1-4H3,(H,23,25)(H,24,26). The van der Waals surface area contributed by atoms with Gasteiger partial charge in [-0.05, 0) is 81.5 Å². The lowest BCUT2D eigenvalue weighted by molar-refractivity contribution is -0.119. The van der Waals surface area contributed by atoms with E-state index in [1.165, 1.54) is 32.1 Å². The van der Waals surface area contributed by atoms with Crippen LogP contribution >= 0.6 is 0 Å². The Morgan fingerprint density at radius 3 is 1.81 bits per heavy atom. The summed E-state index contributed by atoms with van der Waals surface area (Å²) in [6.45, 7) is 8.45. The van der Waals surface area contributed by atoms with Gasteiger partial charge in [0, 0.05) is 19.0 Å². The van der Waals surface area contributed by atoms with Gasteiger partial charge in [-0.2, -0.15) is 0 Å². The predicted molar refractivity (Wildman–Crippen MR) is 108 cm³/mol. The normalized spacial score (nSPS) is 29.0. The molecule has 5 heteroatoms. The van der Waals surface area contributed by atoms with E-state index in [9.17, 15) is 9.59 Å². The van der Waals surface area contributed by atoms with Crippen LogP contribution in [0.5, 0.6) is 0 Å². The Kier molecular flexibility index (Phi) is 8.43. The zero-order chi connectivity index (χ0) is 19.9. The summed E-state index contributed by atoms with van der Waals surface area (Å²) < 4.78 is 5.41. The fourth-order valence-corrected chi connectivity index (χ4v) is 4.42. The second-order valence-electron chi connectivity index (χ2n) is 9.61. The molecule has 0 aromatic carbocycles. The van der Waals surface area contributed by atoms with E-state index in [4.69, 9.17) is 4.74 Å². The second kappa shape index (κ2) is 10.3. The number of hydrogen-bond acceptors (Lipinski definition) is 3. The minimum Gasteiger partial charge on any atom is -0.449 e. The highest BCUT2D eigenvalue weighted by atomic mass is 16.5. The monoisotopic (exact) mass is 380 g/mol. The molecule has 0 heterocycles. The first-order valence-corrected chi connectivity index (χ1v) is 11.0. The van der Waals surface area contributed by atoms with E-state index in [2.05, 4.69) is 31.4 Å². The average molecular weight is 381 g/mol. The average Bonchev–Trinajstić information content (AvgIpc) is 2.63. The molecule has 156 valence electrons. The first kappa shape index (κ1) is 22.0. The highest BCUT2D eigenvalue weighted by Gasteiger charge is 2.28. The van der Waals surface area contributed by atoms with Crippen LogP contribution in [0.1, 0.15) is 91.9 Å². The van der Waals surface area contributed by atoms with Crippen LogP contribution in [0.3, 0.4) is 0 Å². The summed E-state index contributed by atoms with van der Waals surface area (Å²) in [6, 6.07) is 0.663. The Bertz CT molecular complexity index is 476. The smallest absolute Gasteiger partial charge is 0.407 e. The quantitative estimate of drug-likeness (QED) is 0.667. The number of rotatable bonds is 7.